The van der Waals surface area contributed by atoms with Crippen LogP contribution in [0.25, 0.3) is 0 Å². The highest BCUT2D eigenvalue weighted by Crippen LogP contribution is 2.24. The Morgan fingerprint density at radius 1 is 1.21 bits per heavy atom. The molecule has 0 unspecified atom stereocenters. The van der Waals surface area contributed by atoms with E-state index in [1.807, 2.05) is 33.0 Å². The van der Waals surface area contributed by atoms with E-state index < -0.39 is 0 Å². The summed E-state index contributed by atoms with van der Waals surface area (Å²) in [7, 11) is 2.01. The first kappa shape index (κ1) is 14.3. The Kier molecular flexibility index (Phi) is 4.42. The molecule has 3 nitrogen and oxygen atoms in total. The lowest BCUT2D eigenvalue weighted by Crippen LogP contribution is -2.20. The van der Waals surface area contributed by atoms with E-state index >= 15 is 0 Å². The van der Waals surface area contributed by atoms with E-state index in [1.165, 1.54) is 5.56 Å². The van der Waals surface area contributed by atoms with Crippen LogP contribution in [0.15, 0.2) is 28.7 Å². The largest absolute Gasteiger partial charge is 0.354 e. The van der Waals surface area contributed by atoms with Gasteiger partial charge in [0.2, 0.25) is 0 Å². The van der Waals surface area contributed by atoms with Gasteiger partial charge >= 0.3 is 0 Å². The molecule has 0 aliphatic heterocycles. The van der Waals surface area contributed by atoms with Crippen molar-refractivity contribution in [3.05, 3.63) is 50.6 Å². The smallest absolute Gasteiger partial charge is 0.155 e. The van der Waals surface area contributed by atoms with Crippen molar-refractivity contribution in [3.63, 3.8) is 0 Å². The zero-order valence-corrected chi connectivity index (χ0v) is 13.5. The highest BCUT2D eigenvalue weighted by molar-refractivity contribution is 9.10. The Morgan fingerprint density at radius 2 is 1.95 bits per heavy atom. The molecule has 0 atom stereocenters. The second kappa shape index (κ2) is 5.88. The summed E-state index contributed by atoms with van der Waals surface area (Å²) >= 11 is 9.45. The topological polar surface area (TPSA) is 29.0 Å². The van der Waals surface area contributed by atoms with Gasteiger partial charge in [-0.05, 0) is 42.7 Å². The van der Waals surface area contributed by atoms with Gasteiger partial charge < -0.3 is 4.90 Å². The van der Waals surface area contributed by atoms with Crippen molar-refractivity contribution in [1.82, 2.24) is 10.2 Å². The summed E-state index contributed by atoms with van der Waals surface area (Å²) in [6.07, 6.45) is 0. The summed E-state index contributed by atoms with van der Waals surface area (Å²) < 4.78 is 1.08. The maximum absolute atomic E-state index is 5.97. The minimum atomic E-state index is 0.470. The molecular weight excluding hydrogens is 326 g/mol. The molecule has 0 aliphatic rings. The van der Waals surface area contributed by atoms with Gasteiger partial charge in [0.25, 0.3) is 0 Å². The number of rotatable bonds is 3. The predicted molar refractivity (Wildman–Crippen MR) is 82.8 cm³/mol. The first-order chi connectivity index (χ1) is 8.99. The number of hydrogen-bond donors (Lipinski definition) is 0. The molecule has 0 aliphatic carbocycles. The Bertz CT molecular complexity index is 601. The van der Waals surface area contributed by atoms with Crippen molar-refractivity contribution in [1.29, 1.82) is 0 Å². The van der Waals surface area contributed by atoms with Gasteiger partial charge in [-0.25, -0.2) is 0 Å². The molecule has 0 saturated heterocycles. The van der Waals surface area contributed by atoms with Gasteiger partial charge in [0, 0.05) is 18.1 Å². The van der Waals surface area contributed by atoms with Crippen molar-refractivity contribution < 1.29 is 0 Å². The van der Waals surface area contributed by atoms with E-state index in [-0.39, 0.29) is 0 Å². The van der Waals surface area contributed by atoms with Gasteiger partial charge in [-0.1, -0.05) is 39.7 Å². The fourth-order valence-electron chi connectivity index (χ4n) is 1.91. The molecule has 0 bridgehead atoms. The third-order valence-electron chi connectivity index (χ3n) is 3.11. The molecule has 0 amide bonds. The Hall–Kier alpha value is -1.13. The first-order valence-electron chi connectivity index (χ1n) is 5.94. The highest BCUT2D eigenvalue weighted by atomic mass is 79.9. The molecule has 19 heavy (non-hydrogen) atoms. The SMILES string of the molecule is Cc1c(Cl)nnc(N(C)Cc2cccc(Br)c2)c1C. The minimum Gasteiger partial charge on any atom is -0.354 e. The van der Waals surface area contributed by atoms with Gasteiger partial charge in [0.1, 0.15) is 0 Å². The normalized spacial score (nSPS) is 10.6. The minimum absolute atomic E-state index is 0.470. The number of benzene rings is 1. The van der Waals surface area contributed by atoms with Crippen LogP contribution < -0.4 is 4.90 Å². The lowest BCUT2D eigenvalue weighted by atomic mass is 10.1. The van der Waals surface area contributed by atoms with Crippen LogP contribution in [0.2, 0.25) is 5.15 Å². The summed E-state index contributed by atoms with van der Waals surface area (Å²) in [6, 6.07) is 8.23. The lowest BCUT2D eigenvalue weighted by molar-refractivity contribution is 0.852. The van der Waals surface area contributed by atoms with Crippen molar-refractivity contribution in [2.75, 3.05) is 11.9 Å². The van der Waals surface area contributed by atoms with Crippen molar-refractivity contribution in [2.45, 2.75) is 20.4 Å². The van der Waals surface area contributed by atoms with E-state index in [2.05, 4.69) is 43.2 Å². The summed E-state index contributed by atoms with van der Waals surface area (Å²) in [5.74, 6) is 0.863. The zero-order valence-electron chi connectivity index (χ0n) is 11.1. The van der Waals surface area contributed by atoms with Crippen molar-refractivity contribution in [2.24, 2.45) is 0 Å². The molecule has 0 saturated carbocycles. The molecule has 0 N–H and O–H groups in total. The Morgan fingerprint density at radius 3 is 2.63 bits per heavy atom. The highest BCUT2D eigenvalue weighted by Gasteiger charge is 2.12. The fourth-order valence-corrected chi connectivity index (χ4v) is 2.54. The van der Waals surface area contributed by atoms with E-state index in [9.17, 15) is 0 Å². The van der Waals surface area contributed by atoms with Crippen LogP contribution in [0, 0.1) is 13.8 Å². The molecule has 1 aromatic carbocycles. The van der Waals surface area contributed by atoms with Crippen LogP contribution >= 0.6 is 27.5 Å². The van der Waals surface area contributed by atoms with Gasteiger partial charge in [0.05, 0.1) is 0 Å². The number of halogens is 2. The maximum Gasteiger partial charge on any atom is 0.155 e. The number of anilines is 1. The summed E-state index contributed by atoms with van der Waals surface area (Å²) in [4.78, 5) is 2.08. The standard InChI is InChI=1S/C14H15BrClN3/c1-9-10(2)14(18-17-13(9)16)19(3)8-11-5-4-6-12(15)7-11/h4-7H,8H2,1-3H3. The van der Waals surface area contributed by atoms with E-state index in [0.29, 0.717) is 5.15 Å². The monoisotopic (exact) mass is 339 g/mol. The number of hydrogen-bond acceptors (Lipinski definition) is 3. The third-order valence-corrected chi connectivity index (χ3v) is 3.96. The fraction of sp³-hybridized carbons (Fsp3) is 0.286. The molecular formula is C14H15BrClN3. The molecule has 0 fully saturated rings. The second-order valence-electron chi connectivity index (χ2n) is 4.55. The second-order valence-corrected chi connectivity index (χ2v) is 5.82. The average molecular weight is 341 g/mol. The molecule has 2 aromatic rings. The maximum atomic E-state index is 5.97. The van der Waals surface area contributed by atoms with Gasteiger partial charge in [-0.3, -0.25) is 0 Å². The van der Waals surface area contributed by atoms with Gasteiger partial charge in [-0.15, -0.1) is 10.2 Å². The van der Waals surface area contributed by atoms with Crippen LogP contribution in [0.4, 0.5) is 5.82 Å². The average Bonchev–Trinajstić information content (AvgIpc) is 2.36. The van der Waals surface area contributed by atoms with Crippen molar-refractivity contribution >= 4 is 33.3 Å². The molecule has 1 aromatic heterocycles. The third kappa shape index (κ3) is 3.25. The summed E-state index contributed by atoms with van der Waals surface area (Å²) in [6.45, 7) is 4.75. The molecule has 5 heteroatoms. The van der Waals surface area contributed by atoms with E-state index in [0.717, 1.165) is 28.0 Å². The molecule has 100 valence electrons. The van der Waals surface area contributed by atoms with Crippen LogP contribution in [-0.2, 0) is 6.54 Å². The van der Waals surface area contributed by atoms with Crippen LogP contribution in [0.5, 0.6) is 0 Å². The summed E-state index contributed by atoms with van der Waals surface area (Å²) in [5.41, 5.74) is 3.26. The first-order valence-corrected chi connectivity index (χ1v) is 7.11. The molecule has 0 spiro atoms. The van der Waals surface area contributed by atoms with Gasteiger partial charge in [-0.2, -0.15) is 0 Å². The van der Waals surface area contributed by atoms with Gasteiger partial charge in [0.15, 0.2) is 11.0 Å². The lowest BCUT2D eigenvalue weighted by Gasteiger charge is -2.20. The molecule has 2 rings (SSSR count). The van der Waals surface area contributed by atoms with E-state index in [1.54, 1.807) is 0 Å². The van der Waals surface area contributed by atoms with Crippen molar-refractivity contribution in [3.8, 4) is 0 Å². The van der Waals surface area contributed by atoms with Crippen LogP contribution in [0.3, 0.4) is 0 Å². The Labute approximate surface area is 126 Å². The molecule has 1 heterocycles. The number of nitrogens with zero attached hydrogens (tertiary/aromatic N) is 3. The quantitative estimate of drug-likeness (QED) is 0.840. The van der Waals surface area contributed by atoms with Crippen LogP contribution in [0.1, 0.15) is 16.7 Å². The Balaban J connectivity index is 2.25. The summed E-state index contributed by atoms with van der Waals surface area (Å²) in [5, 5.41) is 8.64. The van der Waals surface area contributed by atoms with E-state index in [4.69, 9.17) is 11.6 Å². The predicted octanol–water partition coefficient (Wildman–Crippen LogP) is 4.15. The van der Waals surface area contributed by atoms with Crippen LogP contribution in [-0.4, -0.2) is 17.2 Å². The number of aromatic nitrogens is 2. The zero-order chi connectivity index (χ0) is 14.0. The molecule has 0 radical (unpaired) electrons.